The summed E-state index contributed by atoms with van der Waals surface area (Å²) in [6.07, 6.45) is 3.87. The molecule has 0 aromatic heterocycles. The zero-order valence-corrected chi connectivity index (χ0v) is 19.9. The number of nitrogens with zero attached hydrogens (tertiary/aromatic N) is 3. The van der Waals surface area contributed by atoms with Crippen LogP contribution < -0.4 is 10.6 Å². The number of likely N-dealkylation sites (N-methyl/N-ethyl adjacent to an activating group) is 1. The van der Waals surface area contributed by atoms with Gasteiger partial charge in [0.2, 0.25) is 0 Å². The second-order valence-electron chi connectivity index (χ2n) is 7.11. The summed E-state index contributed by atoms with van der Waals surface area (Å²) in [5.41, 5.74) is 0. The van der Waals surface area contributed by atoms with Crippen molar-refractivity contribution in [3.8, 4) is 0 Å². The maximum Gasteiger partial charge on any atom is 0.191 e. The fourth-order valence-corrected chi connectivity index (χ4v) is 3.18. The van der Waals surface area contributed by atoms with Crippen molar-refractivity contribution < 1.29 is 4.74 Å². The Labute approximate surface area is 178 Å². The van der Waals surface area contributed by atoms with Crippen molar-refractivity contribution >= 4 is 29.9 Å². The SMILES string of the molecule is CCCN(CC)CCNC(=NC)NC1CCN(CCOC(C)C)CC1.I. The van der Waals surface area contributed by atoms with Gasteiger partial charge in [0, 0.05) is 45.8 Å². The summed E-state index contributed by atoms with van der Waals surface area (Å²) in [6.45, 7) is 17.1. The first-order chi connectivity index (χ1) is 12.1. The Morgan fingerprint density at radius 2 is 1.92 bits per heavy atom. The molecule has 0 saturated carbocycles. The number of hydrogen-bond donors (Lipinski definition) is 2. The quantitative estimate of drug-likeness (QED) is 0.269. The Hall–Kier alpha value is -0.120. The van der Waals surface area contributed by atoms with Crippen LogP contribution in [0.3, 0.4) is 0 Å². The molecule has 1 rings (SSSR count). The lowest BCUT2D eigenvalue weighted by Gasteiger charge is -2.33. The van der Waals surface area contributed by atoms with E-state index in [0.29, 0.717) is 12.1 Å². The predicted octanol–water partition coefficient (Wildman–Crippen LogP) is 2.39. The van der Waals surface area contributed by atoms with Gasteiger partial charge in [-0.2, -0.15) is 0 Å². The molecule has 0 amide bonds. The van der Waals surface area contributed by atoms with Crippen LogP contribution in [-0.2, 0) is 4.74 Å². The number of hydrogen-bond acceptors (Lipinski definition) is 4. The largest absolute Gasteiger partial charge is 0.377 e. The molecular weight excluding hydrogens is 441 g/mol. The van der Waals surface area contributed by atoms with Crippen molar-refractivity contribution in [3.05, 3.63) is 0 Å². The highest BCUT2D eigenvalue weighted by molar-refractivity contribution is 14.0. The highest BCUT2D eigenvalue weighted by atomic mass is 127. The van der Waals surface area contributed by atoms with E-state index in [1.165, 1.54) is 25.8 Å². The lowest BCUT2D eigenvalue weighted by atomic mass is 10.1. The summed E-state index contributed by atoms with van der Waals surface area (Å²) in [7, 11) is 1.86. The number of piperidine rings is 1. The van der Waals surface area contributed by atoms with Crippen LogP contribution in [0.1, 0.15) is 47.0 Å². The third-order valence-corrected chi connectivity index (χ3v) is 4.72. The molecule has 1 heterocycles. The number of likely N-dealkylation sites (tertiary alicyclic amines) is 1. The number of halogens is 1. The molecule has 0 aromatic carbocycles. The first kappa shape index (κ1) is 25.9. The molecule has 7 heteroatoms. The maximum atomic E-state index is 5.65. The Morgan fingerprint density at radius 1 is 1.23 bits per heavy atom. The third-order valence-electron chi connectivity index (χ3n) is 4.72. The fraction of sp³-hybridized carbons (Fsp3) is 0.947. The number of nitrogens with one attached hydrogen (secondary N) is 2. The topological polar surface area (TPSA) is 52.1 Å². The van der Waals surface area contributed by atoms with Crippen LogP contribution in [0.2, 0.25) is 0 Å². The van der Waals surface area contributed by atoms with Crippen LogP contribution in [0.4, 0.5) is 0 Å². The minimum atomic E-state index is 0. The lowest BCUT2D eigenvalue weighted by Crippen LogP contribution is -2.50. The van der Waals surface area contributed by atoms with Crippen LogP contribution in [0.5, 0.6) is 0 Å². The van der Waals surface area contributed by atoms with Crippen molar-refractivity contribution in [2.75, 3.05) is 59.5 Å². The van der Waals surface area contributed by atoms with Gasteiger partial charge in [0.1, 0.15) is 0 Å². The number of guanidine groups is 1. The highest BCUT2D eigenvalue weighted by Crippen LogP contribution is 2.10. The van der Waals surface area contributed by atoms with E-state index in [9.17, 15) is 0 Å². The van der Waals surface area contributed by atoms with Crippen molar-refractivity contribution in [2.24, 2.45) is 4.99 Å². The second-order valence-corrected chi connectivity index (χ2v) is 7.11. The average Bonchev–Trinajstić information content (AvgIpc) is 2.61. The maximum absolute atomic E-state index is 5.65. The van der Waals surface area contributed by atoms with Gasteiger partial charge in [-0.05, 0) is 46.2 Å². The summed E-state index contributed by atoms with van der Waals surface area (Å²) < 4.78 is 5.65. The summed E-state index contributed by atoms with van der Waals surface area (Å²) in [4.78, 5) is 9.35. The molecule has 26 heavy (non-hydrogen) atoms. The van der Waals surface area contributed by atoms with Crippen molar-refractivity contribution in [1.82, 2.24) is 20.4 Å². The van der Waals surface area contributed by atoms with Gasteiger partial charge in [-0.3, -0.25) is 4.99 Å². The summed E-state index contributed by atoms with van der Waals surface area (Å²) in [5.74, 6) is 0.939. The zero-order chi connectivity index (χ0) is 18.5. The normalized spacial score (nSPS) is 16.8. The Kier molecular flexibility index (Phi) is 15.8. The lowest BCUT2D eigenvalue weighted by molar-refractivity contribution is 0.0532. The molecule has 156 valence electrons. The van der Waals surface area contributed by atoms with E-state index < -0.39 is 0 Å². The molecule has 0 spiro atoms. The smallest absolute Gasteiger partial charge is 0.191 e. The molecule has 0 aliphatic carbocycles. The predicted molar refractivity (Wildman–Crippen MR) is 123 cm³/mol. The minimum absolute atomic E-state index is 0. The average molecular weight is 483 g/mol. The van der Waals surface area contributed by atoms with E-state index in [1.54, 1.807) is 0 Å². The summed E-state index contributed by atoms with van der Waals surface area (Å²) >= 11 is 0. The van der Waals surface area contributed by atoms with E-state index in [1.807, 2.05) is 7.05 Å². The molecule has 6 nitrogen and oxygen atoms in total. The Balaban J connectivity index is 0.00000625. The van der Waals surface area contributed by atoms with Crippen molar-refractivity contribution in [2.45, 2.75) is 59.1 Å². The van der Waals surface area contributed by atoms with Crippen LogP contribution in [0, 0.1) is 0 Å². The standard InChI is InChI=1S/C19H41N5O.HI/c1-6-11-23(7-2)14-10-21-19(20-5)22-18-8-12-24(13-9-18)15-16-25-17(3)4;/h17-18H,6-16H2,1-5H3,(H2,20,21,22);1H. The van der Waals surface area contributed by atoms with Gasteiger partial charge in [-0.1, -0.05) is 13.8 Å². The molecule has 1 aliphatic rings. The molecule has 1 aliphatic heterocycles. The Bertz CT molecular complexity index is 360. The third kappa shape index (κ3) is 11.6. The van der Waals surface area contributed by atoms with Gasteiger partial charge < -0.3 is 25.2 Å². The monoisotopic (exact) mass is 483 g/mol. The van der Waals surface area contributed by atoms with E-state index in [-0.39, 0.29) is 24.0 Å². The summed E-state index contributed by atoms with van der Waals surface area (Å²) in [6, 6.07) is 0.520. The molecule has 0 aromatic rings. The number of rotatable bonds is 11. The van der Waals surface area contributed by atoms with Crippen molar-refractivity contribution in [1.29, 1.82) is 0 Å². The van der Waals surface area contributed by atoms with E-state index >= 15 is 0 Å². The van der Waals surface area contributed by atoms with Gasteiger partial charge in [-0.25, -0.2) is 0 Å². The van der Waals surface area contributed by atoms with Gasteiger partial charge in [0.05, 0.1) is 12.7 Å². The first-order valence-electron chi connectivity index (χ1n) is 10.1. The van der Waals surface area contributed by atoms with E-state index in [4.69, 9.17) is 4.74 Å². The second kappa shape index (κ2) is 15.9. The number of ether oxygens (including phenoxy) is 1. The molecular formula is C19H42IN5O. The summed E-state index contributed by atoms with van der Waals surface area (Å²) in [5, 5.41) is 7.05. The van der Waals surface area contributed by atoms with Gasteiger partial charge >= 0.3 is 0 Å². The van der Waals surface area contributed by atoms with Crippen molar-refractivity contribution in [3.63, 3.8) is 0 Å². The van der Waals surface area contributed by atoms with Crippen LogP contribution in [0.25, 0.3) is 0 Å². The van der Waals surface area contributed by atoms with Gasteiger partial charge in [-0.15, -0.1) is 24.0 Å². The Morgan fingerprint density at radius 3 is 2.46 bits per heavy atom. The number of aliphatic imine (C=N–C) groups is 1. The van der Waals surface area contributed by atoms with E-state index in [2.05, 4.69) is 53.1 Å². The van der Waals surface area contributed by atoms with Crippen LogP contribution in [0.15, 0.2) is 4.99 Å². The molecule has 0 radical (unpaired) electrons. The van der Waals surface area contributed by atoms with Crippen LogP contribution in [-0.4, -0.2) is 87.4 Å². The molecule has 2 N–H and O–H groups in total. The first-order valence-corrected chi connectivity index (χ1v) is 10.1. The van der Waals surface area contributed by atoms with Gasteiger partial charge in [0.25, 0.3) is 0 Å². The molecule has 1 fully saturated rings. The van der Waals surface area contributed by atoms with Crippen LogP contribution >= 0.6 is 24.0 Å². The minimum Gasteiger partial charge on any atom is -0.377 e. The molecule has 0 bridgehead atoms. The highest BCUT2D eigenvalue weighted by Gasteiger charge is 2.19. The zero-order valence-electron chi connectivity index (χ0n) is 17.6. The fourth-order valence-electron chi connectivity index (χ4n) is 3.18. The van der Waals surface area contributed by atoms with Gasteiger partial charge in [0.15, 0.2) is 5.96 Å². The molecule has 1 saturated heterocycles. The molecule has 0 atom stereocenters. The molecule has 0 unspecified atom stereocenters. The van der Waals surface area contributed by atoms with E-state index in [0.717, 1.165) is 51.8 Å².